The molecule has 0 bridgehead atoms. The van der Waals surface area contributed by atoms with Crippen molar-refractivity contribution < 1.29 is 4.52 Å². The zero-order valence-corrected chi connectivity index (χ0v) is 14.1. The van der Waals surface area contributed by atoms with E-state index in [-0.39, 0.29) is 6.04 Å². The molecule has 0 saturated carbocycles. The summed E-state index contributed by atoms with van der Waals surface area (Å²) in [5.74, 6) is 1.40. The largest absolute Gasteiger partial charge is 0.337 e. The first kappa shape index (κ1) is 16.2. The number of aromatic nitrogens is 2. The molecule has 0 unspecified atom stereocenters. The summed E-state index contributed by atoms with van der Waals surface area (Å²) >= 11 is 0. The van der Waals surface area contributed by atoms with E-state index in [0.717, 1.165) is 24.9 Å². The lowest BCUT2D eigenvalue weighted by Gasteiger charge is -2.23. The second-order valence-corrected chi connectivity index (χ2v) is 6.47. The van der Waals surface area contributed by atoms with Crippen molar-refractivity contribution in [1.29, 1.82) is 0 Å². The van der Waals surface area contributed by atoms with Crippen LogP contribution >= 0.6 is 0 Å². The van der Waals surface area contributed by atoms with Crippen LogP contribution in [0, 0.1) is 0 Å². The topological polar surface area (TPSA) is 51.0 Å². The van der Waals surface area contributed by atoms with Gasteiger partial charge in [0.05, 0.1) is 6.04 Å². The third-order valence-corrected chi connectivity index (χ3v) is 4.59. The smallest absolute Gasteiger partial charge is 0.244 e. The highest BCUT2D eigenvalue weighted by molar-refractivity contribution is 5.54. The molecule has 1 saturated heterocycles. The molecule has 4 nitrogen and oxygen atoms in total. The molecule has 1 atom stereocenters. The van der Waals surface area contributed by atoms with Crippen LogP contribution in [0.15, 0.2) is 28.8 Å². The van der Waals surface area contributed by atoms with Crippen molar-refractivity contribution >= 4 is 0 Å². The number of benzene rings is 1. The summed E-state index contributed by atoms with van der Waals surface area (Å²) in [7, 11) is 0. The molecule has 1 aliphatic rings. The Kier molecular flexibility index (Phi) is 5.81. The normalized spacial score (nSPS) is 17.2. The molecular formula is C19H27N3O. The number of hydrogen-bond acceptors (Lipinski definition) is 4. The Bertz CT molecular complexity index is 587. The van der Waals surface area contributed by atoms with Crippen LogP contribution in [0.25, 0.3) is 11.4 Å². The fraction of sp³-hybridized carbons (Fsp3) is 0.579. The highest BCUT2D eigenvalue weighted by Gasteiger charge is 2.24. The van der Waals surface area contributed by atoms with Gasteiger partial charge in [-0.2, -0.15) is 4.98 Å². The lowest BCUT2D eigenvalue weighted by Crippen LogP contribution is -2.35. The third kappa shape index (κ3) is 4.41. The van der Waals surface area contributed by atoms with Gasteiger partial charge in [-0.15, -0.1) is 0 Å². The molecule has 1 N–H and O–H groups in total. The highest BCUT2D eigenvalue weighted by Crippen LogP contribution is 2.24. The van der Waals surface area contributed by atoms with Crippen molar-refractivity contribution in [2.45, 2.75) is 64.3 Å². The van der Waals surface area contributed by atoms with Gasteiger partial charge in [-0.1, -0.05) is 68.4 Å². The van der Waals surface area contributed by atoms with Crippen LogP contribution in [0.2, 0.25) is 0 Å². The van der Waals surface area contributed by atoms with Crippen LogP contribution in [0.1, 0.15) is 69.4 Å². The summed E-state index contributed by atoms with van der Waals surface area (Å²) in [5.41, 5.74) is 2.43. The Morgan fingerprint density at radius 2 is 1.83 bits per heavy atom. The number of nitrogens with one attached hydrogen (secondary N) is 1. The second kappa shape index (κ2) is 8.25. The molecule has 0 aliphatic carbocycles. The molecule has 1 aromatic carbocycles. The third-order valence-electron chi connectivity index (χ3n) is 4.59. The number of aryl methyl sites for hydroxylation is 1. The second-order valence-electron chi connectivity index (χ2n) is 6.47. The lowest BCUT2D eigenvalue weighted by molar-refractivity contribution is 0.273. The first-order valence-corrected chi connectivity index (χ1v) is 9.03. The molecule has 23 heavy (non-hydrogen) atoms. The van der Waals surface area contributed by atoms with Crippen LogP contribution in [0.4, 0.5) is 0 Å². The molecule has 1 fully saturated rings. The number of rotatable bonds is 9. The zero-order valence-electron chi connectivity index (χ0n) is 14.1. The maximum absolute atomic E-state index is 5.34. The van der Waals surface area contributed by atoms with Gasteiger partial charge >= 0.3 is 0 Å². The summed E-state index contributed by atoms with van der Waals surface area (Å²) in [5, 5.41) is 7.38. The summed E-state index contributed by atoms with van der Waals surface area (Å²) in [4.78, 5) is 4.50. The van der Waals surface area contributed by atoms with E-state index in [1.54, 1.807) is 0 Å². The van der Waals surface area contributed by atoms with E-state index in [0.29, 0.717) is 11.7 Å². The highest BCUT2D eigenvalue weighted by atomic mass is 16.5. The van der Waals surface area contributed by atoms with Gasteiger partial charge in [0, 0.05) is 5.56 Å². The maximum atomic E-state index is 5.34. The van der Waals surface area contributed by atoms with Crippen molar-refractivity contribution in [3.63, 3.8) is 0 Å². The zero-order chi connectivity index (χ0) is 15.9. The predicted octanol–water partition coefficient (Wildman–Crippen LogP) is 4.67. The van der Waals surface area contributed by atoms with Gasteiger partial charge in [0.1, 0.15) is 0 Å². The van der Waals surface area contributed by atoms with Gasteiger partial charge in [-0.3, -0.25) is 0 Å². The Morgan fingerprint density at radius 1 is 1.09 bits per heavy atom. The van der Waals surface area contributed by atoms with E-state index in [1.165, 1.54) is 44.1 Å². The van der Waals surface area contributed by atoms with E-state index in [1.807, 2.05) is 0 Å². The summed E-state index contributed by atoms with van der Waals surface area (Å²) in [6, 6.07) is 8.85. The van der Waals surface area contributed by atoms with Crippen LogP contribution in [0.3, 0.4) is 0 Å². The lowest BCUT2D eigenvalue weighted by atomic mass is 10.0. The average Bonchev–Trinajstić information content (AvgIpc) is 2.99. The van der Waals surface area contributed by atoms with Crippen LogP contribution in [-0.4, -0.2) is 16.7 Å². The predicted molar refractivity (Wildman–Crippen MR) is 92.2 cm³/mol. The minimum absolute atomic E-state index is 0.253. The van der Waals surface area contributed by atoms with Crippen molar-refractivity contribution in [2.24, 2.45) is 0 Å². The SMILES string of the molecule is CCCCCCCCc1ccc(-c2noc([C@@H]3CCN3)n2)cc1. The number of nitrogens with zero attached hydrogens (tertiary/aromatic N) is 2. The molecule has 124 valence electrons. The Morgan fingerprint density at radius 3 is 2.52 bits per heavy atom. The standard InChI is InChI=1S/C19H27N3O/c1-2-3-4-5-6-7-8-15-9-11-16(12-10-15)18-21-19(23-22-18)17-13-14-20-17/h9-12,17,20H,2-8,13-14H2,1H3/t17-/m0/s1. The van der Waals surface area contributed by atoms with Crippen LogP contribution < -0.4 is 5.32 Å². The number of hydrogen-bond donors (Lipinski definition) is 1. The minimum Gasteiger partial charge on any atom is -0.337 e. The molecule has 0 spiro atoms. The van der Waals surface area contributed by atoms with Gasteiger partial charge in [-0.05, 0) is 31.4 Å². The molecule has 0 amide bonds. The summed E-state index contributed by atoms with van der Waals surface area (Å²) in [6.45, 7) is 3.30. The molecule has 1 aromatic heterocycles. The van der Waals surface area contributed by atoms with Crippen molar-refractivity contribution in [2.75, 3.05) is 6.54 Å². The van der Waals surface area contributed by atoms with Crippen molar-refractivity contribution in [3.05, 3.63) is 35.7 Å². The molecule has 3 rings (SSSR count). The van der Waals surface area contributed by atoms with Gasteiger partial charge in [-0.25, -0.2) is 0 Å². The van der Waals surface area contributed by atoms with Gasteiger partial charge < -0.3 is 9.84 Å². The molecule has 4 heteroatoms. The van der Waals surface area contributed by atoms with E-state index < -0.39 is 0 Å². The average molecular weight is 313 g/mol. The van der Waals surface area contributed by atoms with E-state index in [4.69, 9.17) is 4.52 Å². The Balaban J connectivity index is 1.47. The van der Waals surface area contributed by atoms with E-state index >= 15 is 0 Å². The fourth-order valence-electron chi connectivity index (χ4n) is 2.92. The fourth-order valence-corrected chi connectivity index (χ4v) is 2.92. The first-order valence-electron chi connectivity index (χ1n) is 9.03. The Hall–Kier alpha value is -1.68. The Labute approximate surface area is 138 Å². The van der Waals surface area contributed by atoms with E-state index in [9.17, 15) is 0 Å². The monoisotopic (exact) mass is 313 g/mol. The summed E-state index contributed by atoms with van der Waals surface area (Å²) < 4.78 is 5.34. The van der Waals surface area contributed by atoms with Crippen molar-refractivity contribution in [1.82, 2.24) is 15.5 Å². The van der Waals surface area contributed by atoms with Gasteiger partial charge in [0.15, 0.2) is 0 Å². The quantitative estimate of drug-likeness (QED) is 0.683. The molecule has 2 aromatic rings. The van der Waals surface area contributed by atoms with E-state index in [2.05, 4.69) is 46.6 Å². The van der Waals surface area contributed by atoms with Gasteiger partial charge in [0.25, 0.3) is 0 Å². The first-order chi connectivity index (χ1) is 11.4. The molecular weight excluding hydrogens is 286 g/mol. The molecule has 1 aliphatic heterocycles. The van der Waals surface area contributed by atoms with Gasteiger partial charge in [0.2, 0.25) is 11.7 Å². The molecule has 2 heterocycles. The van der Waals surface area contributed by atoms with Crippen molar-refractivity contribution in [3.8, 4) is 11.4 Å². The number of unbranched alkanes of at least 4 members (excludes halogenated alkanes) is 5. The maximum Gasteiger partial charge on any atom is 0.244 e. The summed E-state index contributed by atoms with van der Waals surface area (Å²) in [6.07, 6.45) is 10.3. The minimum atomic E-state index is 0.253. The molecule has 0 radical (unpaired) electrons. The van der Waals surface area contributed by atoms with Crippen LogP contribution in [0.5, 0.6) is 0 Å². The van der Waals surface area contributed by atoms with Crippen LogP contribution in [-0.2, 0) is 6.42 Å².